The van der Waals surface area contributed by atoms with Crippen molar-refractivity contribution in [2.24, 2.45) is 5.92 Å². The van der Waals surface area contributed by atoms with Gasteiger partial charge in [0.05, 0.1) is 23.4 Å². The highest BCUT2D eigenvalue weighted by atomic mass is 35.5. The minimum atomic E-state index is -0.402. The van der Waals surface area contributed by atoms with Gasteiger partial charge >= 0.3 is 0 Å². The topological polar surface area (TPSA) is 76.5 Å². The Morgan fingerprint density at radius 3 is 2.45 bits per heavy atom. The smallest absolute Gasteiger partial charge is 0.255 e. The van der Waals surface area contributed by atoms with Crippen molar-refractivity contribution in [2.45, 2.75) is 12.8 Å². The molecule has 0 radical (unpaired) electrons. The quantitative estimate of drug-likeness (QED) is 0.294. The third kappa shape index (κ3) is 5.86. The average Bonchev–Trinajstić information content (AvgIpc) is 3.65. The van der Waals surface area contributed by atoms with Crippen LogP contribution in [0.25, 0.3) is 16.9 Å². The van der Waals surface area contributed by atoms with Crippen LogP contribution in [0, 0.1) is 11.7 Å². The standard InChI is InChI=1S/C29H26ClFN4O3/c1-38-23-14-8-20(9-15-23)26-17-35(22-12-10-21(31)11-13-22)29(32-26)33-27(36)18-34(16-19-6-7-19)28(37)24-4-2-3-5-25(24)30/h2-5,8-15,17,19H,6-7,16,18H2,1H3,(H,32,33,36). The summed E-state index contributed by atoms with van der Waals surface area (Å²) in [4.78, 5) is 32.7. The zero-order valence-corrected chi connectivity index (χ0v) is 21.5. The van der Waals surface area contributed by atoms with E-state index < -0.39 is 5.91 Å². The fraction of sp³-hybridized carbons (Fsp3) is 0.207. The van der Waals surface area contributed by atoms with Crippen molar-refractivity contribution in [3.63, 3.8) is 0 Å². The largest absolute Gasteiger partial charge is 0.497 e. The molecule has 0 unspecified atom stereocenters. The van der Waals surface area contributed by atoms with Crippen LogP contribution in [-0.4, -0.2) is 46.5 Å². The highest BCUT2D eigenvalue weighted by molar-refractivity contribution is 6.33. The van der Waals surface area contributed by atoms with Crippen molar-refractivity contribution < 1.29 is 18.7 Å². The van der Waals surface area contributed by atoms with E-state index in [1.165, 1.54) is 17.0 Å². The lowest BCUT2D eigenvalue weighted by molar-refractivity contribution is -0.117. The second-order valence-corrected chi connectivity index (χ2v) is 9.59. The summed E-state index contributed by atoms with van der Waals surface area (Å²) in [5.74, 6) is 0.267. The summed E-state index contributed by atoms with van der Waals surface area (Å²) in [5.41, 5.74) is 2.40. The molecule has 5 rings (SSSR count). The Hall–Kier alpha value is -4.17. The fourth-order valence-electron chi connectivity index (χ4n) is 4.14. The van der Waals surface area contributed by atoms with Crippen LogP contribution in [0.4, 0.5) is 10.3 Å². The summed E-state index contributed by atoms with van der Waals surface area (Å²) in [6.07, 6.45) is 3.81. The van der Waals surface area contributed by atoms with Gasteiger partial charge in [0.1, 0.15) is 18.1 Å². The van der Waals surface area contributed by atoms with Gasteiger partial charge in [-0.25, -0.2) is 9.37 Å². The molecule has 3 aromatic carbocycles. The minimum Gasteiger partial charge on any atom is -0.497 e. The molecule has 0 saturated heterocycles. The van der Waals surface area contributed by atoms with E-state index in [1.807, 2.05) is 24.3 Å². The monoisotopic (exact) mass is 532 g/mol. The molecule has 1 heterocycles. The first-order chi connectivity index (χ1) is 18.4. The Balaban J connectivity index is 1.41. The predicted octanol–water partition coefficient (Wildman–Crippen LogP) is 5.83. The number of halogens is 2. The van der Waals surface area contributed by atoms with Gasteiger partial charge in [0, 0.05) is 24.0 Å². The molecule has 1 saturated carbocycles. The van der Waals surface area contributed by atoms with E-state index >= 15 is 0 Å². The summed E-state index contributed by atoms with van der Waals surface area (Å²) in [5, 5.41) is 3.19. The number of nitrogens with zero attached hydrogens (tertiary/aromatic N) is 3. The lowest BCUT2D eigenvalue weighted by Gasteiger charge is -2.22. The van der Waals surface area contributed by atoms with E-state index in [4.69, 9.17) is 16.3 Å². The summed E-state index contributed by atoms with van der Waals surface area (Å²) in [6, 6.07) is 20.1. The number of nitrogens with one attached hydrogen (secondary N) is 1. The summed E-state index contributed by atoms with van der Waals surface area (Å²) >= 11 is 6.27. The molecule has 7 nitrogen and oxygen atoms in total. The molecule has 38 heavy (non-hydrogen) atoms. The predicted molar refractivity (Wildman–Crippen MR) is 144 cm³/mol. The van der Waals surface area contributed by atoms with E-state index in [1.54, 1.807) is 54.3 Å². The molecule has 9 heteroatoms. The SMILES string of the molecule is COc1ccc(-c2cn(-c3ccc(F)cc3)c(NC(=O)CN(CC3CC3)C(=O)c3ccccc3Cl)n2)cc1. The number of imidazole rings is 1. The zero-order valence-electron chi connectivity index (χ0n) is 20.7. The minimum absolute atomic E-state index is 0.158. The van der Waals surface area contributed by atoms with Crippen molar-refractivity contribution in [3.05, 3.63) is 95.4 Å². The first kappa shape index (κ1) is 25.5. The molecule has 0 aliphatic heterocycles. The number of carbonyl (C=O) groups excluding carboxylic acids is 2. The van der Waals surface area contributed by atoms with E-state index in [-0.39, 0.29) is 24.2 Å². The second kappa shape index (κ2) is 11.1. The van der Waals surface area contributed by atoms with Gasteiger partial charge in [-0.15, -0.1) is 0 Å². The number of hydrogen-bond acceptors (Lipinski definition) is 4. The van der Waals surface area contributed by atoms with E-state index in [0.29, 0.717) is 40.2 Å². The molecule has 0 atom stereocenters. The molecular weight excluding hydrogens is 507 g/mol. The average molecular weight is 533 g/mol. The highest BCUT2D eigenvalue weighted by Gasteiger charge is 2.29. The van der Waals surface area contributed by atoms with Gasteiger partial charge in [-0.3, -0.25) is 19.5 Å². The van der Waals surface area contributed by atoms with Crippen LogP contribution in [0.15, 0.2) is 79.0 Å². The molecule has 1 aliphatic rings. The Labute approximate surface area is 224 Å². The van der Waals surface area contributed by atoms with Gasteiger partial charge in [0.25, 0.3) is 5.91 Å². The Kier molecular flexibility index (Phi) is 7.42. The lowest BCUT2D eigenvalue weighted by Crippen LogP contribution is -2.39. The number of methoxy groups -OCH3 is 1. The number of hydrogen-bond donors (Lipinski definition) is 1. The maximum atomic E-state index is 13.6. The van der Waals surface area contributed by atoms with Crippen molar-refractivity contribution in [1.29, 1.82) is 0 Å². The Bertz CT molecular complexity index is 1450. The molecule has 1 N–H and O–H groups in total. The molecule has 194 valence electrons. The van der Waals surface area contributed by atoms with E-state index in [2.05, 4.69) is 10.3 Å². The summed E-state index contributed by atoms with van der Waals surface area (Å²) in [7, 11) is 1.59. The Morgan fingerprint density at radius 2 is 1.79 bits per heavy atom. The number of ether oxygens (including phenoxy) is 1. The molecule has 1 fully saturated rings. The van der Waals surface area contributed by atoms with Gasteiger partial charge in [0.2, 0.25) is 11.9 Å². The van der Waals surface area contributed by atoms with E-state index in [0.717, 1.165) is 18.4 Å². The number of carbonyl (C=O) groups is 2. The second-order valence-electron chi connectivity index (χ2n) is 9.18. The molecular formula is C29H26ClFN4O3. The van der Waals surface area contributed by atoms with Crippen LogP contribution >= 0.6 is 11.6 Å². The van der Waals surface area contributed by atoms with Crippen molar-refractivity contribution in [2.75, 3.05) is 25.5 Å². The summed E-state index contributed by atoms with van der Waals surface area (Å²) < 4.78 is 20.5. The third-order valence-corrected chi connectivity index (χ3v) is 6.68. The van der Waals surface area contributed by atoms with Crippen molar-refractivity contribution in [3.8, 4) is 22.7 Å². The first-order valence-corrected chi connectivity index (χ1v) is 12.6. The van der Waals surface area contributed by atoms with Crippen LogP contribution in [-0.2, 0) is 4.79 Å². The fourth-order valence-corrected chi connectivity index (χ4v) is 4.36. The first-order valence-electron chi connectivity index (χ1n) is 12.2. The molecule has 0 spiro atoms. The third-order valence-electron chi connectivity index (χ3n) is 6.35. The van der Waals surface area contributed by atoms with Crippen LogP contribution in [0.1, 0.15) is 23.2 Å². The molecule has 1 aliphatic carbocycles. The number of anilines is 1. The van der Waals surface area contributed by atoms with Crippen LogP contribution in [0.2, 0.25) is 5.02 Å². The van der Waals surface area contributed by atoms with Crippen LogP contribution in [0.5, 0.6) is 5.75 Å². The number of amides is 2. The number of aromatic nitrogens is 2. The van der Waals surface area contributed by atoms with Crippen LogP contribution in [0.3, 0.4) is 0 Å². The number of rotatable bonds is 9. The van der Waals surface area contributed by atoms with E-state index in [9.17, 15) is 14.0 Å². The van der Waals surface area contributed by atoms with Gasteiger partial charge in [-0.1, -0.05) is 23.7 Å². The summed E-state index contributed by atoms with van der Waals surface area (Å²) in [6.45, 7) is 0.315. The lowest BCUT2D eigenvalue weighted by atomic mass is 10.1. The van der Waals surface area contributed by atoms with Crippen molar-refractivity contribution >= 4 is 29.4 Å². The van der Waals surface area contributed by atoms with Gasteiger partial charge in [0.15, 0.2) is 0 Å². The molecule has 0 bridgehead atoms. The van der Waals surface area contributed by atoms with Gasteiger partial charge in [-0.2, -0.15) is 0 Å². The molecule has 1 aromatic heterocycles. The molecule has 2 amide bonds. The maximum Gasteiger partial charge on any atom is 0.255 e. The van der Waals surface area contributed by atoms with Crippen LogP contribution < -0.4 is 10.1 Å². The zero-order chi connectivity index (χ0) is 26.6. The molecule has 4 aromatic rings. The Morgan fingerprint density at radius 1 is 1.08 bits per heavy atom. The maximum absolute atomic E-state index is 13.6. The number of benzene rings is 3. The van der Waals surface area contributed by atoms with Gasteiger partial charge in [-0.05, 0) is 79.4 Å². The van der Waals surface area contributed by atoms with Crippen molar-refractivity contribution in [1.82, 2.24) is 14.5 Å². The highest BCUT2D eigenvalue weighted by Crippen LogP contribution is 2.31. The van der Waals surface area contributed by atoms with Gasteiger partial charge < -0.3 is 9.64 Å². The normalized spacial score (nSPS) is 12.7.